The Kier molecular flexibility index (Phi) is 11.1. The minimum Gasteiger partial charge on any atom is -0.450 e. The largest absolute Gasteiger partial charge is 0.450 e. The van der Waals surface area contributed by atoms with Crippen LogP contribution in [0.1, 0.15) is 75.1 Å². The molecule has 0 unspecified atom stereocenters. The van der Waals surface area contributed by atoms with Gasteiger partial charge in [-0.25, -0.2) is 14.6 Å². The van der Waals surface area contributed by atoms with Gasteiger partial charge in [0.05, 0.1) is 25.4 Å². The van der Waals surface area contributed by atoms with E-state index < -0.39 is 53.3 Å². The van der Waals surface area contributed by atoms with Gasteiger partial charge < -0.3 is 30.1 Å². The fourth-order valence-electron chi connectivity index (χ4n) is 5.88. The summed E-state index contributed by atoms with van der Waals surface area (Å²) >= 11 is 1.01. The first kappa shape index (κ1) is 37.1. The predicted octanol–water partition coefficient (Wildman–Crippen LogP) is 3.62. The number of aromatic nitrogens is 4. The Labute approximate surface area is 308 Å². The number of aliphatic hydroxyl groups is 1. The summed E-state index contributed by atoms with van der Waals surface area (Å²) in [6.45, 7) is 4.96. The predicted molar refractivity (Wildman–Crippen MR) is 191 cm³/mol. The van der Waals surface area contributed by atoms with Crippen LogP contribution in [-0.2, 0) is 41.8 Å². The zero-order valence-electron chi connectivity index (χ0n) is 29.4. The minimum absolute atomic E-state index is 0.0177. The van der Waals surface area contributed by atoms with Crippen LogP contribution in [0.25, 0.3) is 0 Å². The number of oxime groups is 1. The van der Waals surface area contributed by atoms with E-state index in [9.17, 15) is 24.3 Å². The Morgan fingerprint density at radius 3 is 2.32 bits per heavy atom. The second kappa shape index (κ2) is 15.9. The Morgan fingerprint density at radius 1 is 1.08 bits per heavy atom. The van der Waals surface area contributed by atoms with Gasteiger partial charge in [-0.15, -0.1) is 11.3 Å². The third-order valence-electron chi connectivity index (χ3n) is 8.50. The number of amides is 3. The zero-order valence-corrected chi connectivity index (χ0v) is 30.2. The quantitative estimate of drug-likeness (QED) is 0.0673. The number of aliphatic hydroxyl groups excluding tert-OH is 1. The molecular formula is C36H40N8O8S. The van der Waals surface area contributed by atoms with E-state index in [1.165, 1.54) is 16.4 Å². The molecule has 0 bridgehead atoms. The molecule has 4 N–H and O–H groups in total. The number of esters is 1. The molecular weight excluding hydrogens is 705 g/mol. The standard InChI is InChI=1S/C36H40N8O8S/c1-35(2,3)51-34(49)41-33-39-26(21-53-33)28(31(47)40-27-25(38-30(27)46)19-44-37-18-24(20-45)42-44)43-52-36(16-10-11-17-36)32(48)50-29(22-12-6-4-7-13-22)23-14-8-5-9-15-23/h4-9,12-15,18,21,25,27,29,45H,10-11,16-17,19-20H2,1-3H3,(H,38,46)(H,40,47)(H,39,41,49)/b43-28-/t25-,27+/m1/s1. The summed E-state index contributed by atoms with van der Waals surface area (Å²) in [7, 11) is 0. The molecule has 4 aromatic rings. The van der Waals surface area contributed by atoms with E-state index in [4.69, 9.17) is 14.3 Å². The number of anilines is 1. The third kappa shape index (κ3) is 9.04. The van der Waals surface area contributed by atoms with E-state index >= 15 is 0 Å². The molecule has 1 saturated heterocycles. The Bertz CT molecular complexity index is 1910. The lowest BCUT2D eigenvalue weighted by Gasteiger charge is -2.36. The number of benzene rings is 2. The van der Waals surface area contributed by atoms with Gasteiger partial charge in [-0.3, -0.25) is 14.9 Å². The van der Waals surface area contributed by atoms with Crippen molar-refractivity contribution in [1.82, 2.24) is 30.6 Å². The molecule has 6 rings (SSSR count). The monoisotopic (exact) mass is 744 g/mol. The van der Waals surface area contributed by atoms with Crippen molar-refractivity contribution in [2.24, 2.45) is 5.16 Å². The highest BCUT2D eigenvalue weighted by atomic mass is 32.1. The Hall–Kier alpha value is -5.68. The van der Waals surface area contributed by atoms with Crippen LogP contribution in [0, 0.1) is 0 Å². The van der Waals surface area contributed by atoms with Crippen molar-refractivity contribution in [3.63, 3.8) is 0 Å². The maximum atomic E-state index is 14.1. The number of nitrogens with zero attached hydrogens (tertiary/aromatic N) is 5. The molecule has 16 nitrogen and oxygen atoms in total. The van der Waals surface area contributed by atoms with Gasteiger partial charge in [0.15, 0.2) is 16.9 Å². The first-order chi connectivity index (χ1) is 25.4. The molecule has 2 aliphatic rings. The van der Waals surface area contributed by atoms with Crippen molar-refractivity contribution in [3.8, 4) is 0 Å². The summed E-state index contributed by atoms with van der Waals surface area (Å²) < 4.78 is 11.5. The summed E-state index contributed by atoms with van der Waals surface area (Å²) in [6.07, 6.45) is 1.78. The number of hydrogen-bond acceptors (Lipinski definition) is 13. The second-order valence-electron chi connectivity index (χ2n) is 13.6. The van der Waals surface area contributed by atoms with Gasteiger partial charge in [-0.1, -0.05) is 65.8 Å². The van der Waals surface area contributed by atoms with Gasteiger partial charge in [0, 0.05) is 18.2 Å². The molecule has 0 spiro atoms. The fraction of sp³-hybridized carbons (Fsp3) is 0.389. The number of thiazole rings is 1. The van der Waals surface area contributed by atoms with Crippen molar-refractivity contribution in [1.29, 1.82) is 0 Å². The number of ether oxygens (including phenoxy) is 2. The highest BCUT2D eigenvalue weighted by molar-refractivity contribution is 7.14. The average Bonchev–Trinajstić information content (AvgIpc) is 3.92. The lowest BCUT2D eigenvalue weighted by Crippen LogP contribution is -2.70. The fourth-order valence-corrected chi connectivity index (χ4v) is 6.57. The van der Waals surface area contributed by atoms with Gasteiger partial charge in [-0.2, -0.15) is 15.0 Å². The molecule has 0 radical (unpaired) electrons. The lowest BCUT2D eigenvalue weighted by atomic mass is 9.98. The molecule has 2 fully saturated rings. The minimum atomic E-state index is -1.52. The topological polar surface area (TPSA) is 208 Å². The molecule has 3 heterocycles. The van der Waals surface area contributed by atoms with E-state index in [1.807, 2.05) is 60.7 Å². The number of nitrogens with one attached hydrogen (secondary N) is 3. The normalized spacial score (nSPS) is 18.1. The summed E-state index contributed by atoms with van der Waals surface area (Å²) in [5, 5.41) is 31.3. The highest BCUT2D eigenvalue weighted by Gasteiger charge is 2.48. The van der Waals surface area contributed by atoms with Crippen LogP contribution in [0.15, 0.2) is 77.4 Å². The molecule has 2 atom stereocenters. The molecule has 2 aromatic heterocycles. The summed E-state index contributed by atoms with van der Waals surface area (Å²) in [6, 6.07) is 17.1. The maximum Gasteiger partial charge on any atom is 0.413 e. The van der Waals surface area contributed by atoms with Crippen molar-refractivity contribution in [3.05, 3.63) is 94.8 Å². The molecule has 1 saturated carbocycles. The molecule has 53 heavy (non-hydrogen) atoms. The molecule has 17 heteroatoms. The summed E-state index contributed by atoms with van der Waals surface area (Å²) in [4.78, 5) is 64.9. The van der Waals surface area contributed by atoms with Crippen molar-refractivity contribution in [2.75, 3.05) is 5.32 Å². The second-order valence-corrected chi connectivity index (χ2v) is 14.5. The smallest absolute Gasteiger partial charge is 0.413 e. The summed E-state index contributed by atoms with van der Waals surface area (Å²) in [5.41, 5.74) is -0.721. The van der Waals surface area contributed by atoms with Gasteiger partial charge >= 0.3 is 12.1 Å². The molecule has 1 aliphatic carbocycles. The molecule has 1 aliphatic heterocycles. The van der Waals surface area contributed by atoms with Crippen molar-refractivity contribution in [2.45, 2.75) is 89.0 Å². The third-order valence-corrected chi connectivity index (χ3v) is 9.26. The van der Waals surface area contributed by atoms with Crippen LogP contribution in [0.5, 0.6) is 0 Å². The van der Waals surface area contributed by atoms with Crippen LogP contribution in [0.3, 0.4) is 0 Å². The van der Waals surface area contributed by atoms with E-state index in [0.29, 0.717) is 18.5 Å². The molecule has 2 aromatic carbocycles. The van der Waals surface area contributed by atoms with Crippen LogP contribution in [-0.4, -0.2) is 78.0 Å². The van der Waals surface area contributed by atoms with Crippen LogP contribution in [0.4, 0.5) is 9.93 Å². The van der Waals surface area contributed by atoms with Crippen LogP contribution >= 0.6 is 11.3 Å². The Morgan fingerprint density at radius 2 is 1.74 bits per heavy atom. The number of carbonyl (C=O) groups is 4. The van der Waals surface area contributed by atoms with E-state index in [-0.39, 0.29) is 42.5 Å². The van der Waals surface area contributed by atoms with E-state index in [0.717, 1.165) is 22.5 Å². The number of β-lactam (4-membered cyclic amide) rings is 1. The van der Waals surface area contributed by atoms with Gasteiger partial charge in [0.1, 0.15) is 23.0 Å². The van der Waals surface area contributed by atoms with Crippen molar-refractivity contribution < 1.29 is 38.6 Å². The number of carbonyl (C=O) groups excluding carboxylic acids is 4. The van der Waals surface area contributed by atoms with E-state index in [2.05, 4.69) is 36.3 Å². The van der Waals surface area contributed by atoms with Gasteiger partial charge in [0.25, 0.3) is 5.91 Å². The number of hydrogen-bond donors (Lipinski definition) is 4. The van der Waals surface area contributed by atoms with Crippen molar-refractivity contribution >= 4 is 46.1 Å². The molecule has 3 amide bonds. The van der Waals surface area contributed by atoms with E-state index in [1.54, 1.807) is 20.8 Å². The first-order valence-corrected chi connectivity index (χ1v) is 18.0. The zero-order chi connectivity index (χ0) is 37.6. The van der Waals surface area contributed by atoms with Crippen LogP contribution in [0.2, 0.25) is 0 Å². The highest BCUT2D eigenvalue weighted by Crippen LogP contribution is 2.38. The molecule has 278 valence electrons. The van der Waals surface area contributed by atoms with Gasteiger partial charge in [0.2, 0.25) is 11.5 Å². The maximum absolute atomic E-state index is 14.1. The Balaban J connectivity index is 1.27. The number of rotatable bonds is 13. The average molecular weight is 745 g/mol. The summed E-state index contributed by atoms with van der Waals surface area (Å²) in [5.74, 6) is -1.91. The van der Waals surface area contributed by atoms with Crippen LogP contribution < -0.4 is 16.0 Å². The van der Waals surface area contributed by atoms with Gasteiger partial charge in [-0.05, 0) is 44.7 Å². The SMILES string of the molecule is CC(C)(C)OC(=O)Nc1nc(/C(=N/OC2(C(=O)OC(c3ccccc3)c3ccccc3)CCCC2)C(=O)N[C@@H]2C(=O)N[C@@H]2Cn2ncc(CO)n2)cs1. The lowest BCUT2D eigenvalue weighted by molar-refractivity contribution is -0.176. The first-order valence-electron chi connectivity index (χ1n) is 17.1.